The molecule has 1 saturated heterocycles. The molecule has 2 aliphatic rings. The van der Waals surface area contributed by atoms with Gasteiger partial charge in [0.1, 0.15) is 5.01 Å². The van der Waals surface area contributed by atoms with Crippen molar-refractivity contribution < 1.29 is 4.79 Å². The summed E-state index contributed by atoms with van der Waals surface area (Å²) in [6.45, 7) is 2.84. The summed E-state index contributed by atoms with van der Waals surface area (Å²) < 4.78 is 0. The maximum Gasteiger partial charge on any atom is 0.249 e. The van der Waals surface area contributed by atoms with Crippen LogP contribution in [-0.4, -0.2) is 45.6 Å². The van der Waals surface area contributed by atoms with Crippen LogP contribution in [0.2, 0.25) is 0 Å². The third-order valence-electron chi connectivity index (χ3n) is 6.03. The fourth-order valence-electron chi connectivity index (χ4n) is 4.84. The lowest BCUT2D eigenvalue weighted by Crippen LogP contribution is -2.47. The van der Waals surface area contributed by atoms with E-state index in [9.17, 15) is 4.79 Å². The van der Waals surface area contributed by atoms with E-state index in [1.807, 2.05) is 6.92 Å². The van der Waals surface area contributed by atoms with Crippen LogP contribution in [0, 0.1) is 12.8 Å². The molecule has 6 nitrogen and oxygen atoms in total. The molecule has 2 N–H and O–H groups in total. The first-order valence-corrected chi connectivity index (χ1v) is 10.5. The van der Waals surface area contributed by atoms with Gasteiger partial charge in [-0.3, -0.25) is 10.1 Å². The molecule has 5 rings (SSSR count). The van der Waals surface area contributed by atoms with E-state index in [1.54, 1.807) is 6.08 Å². The molecule has 0 saturated carbocycles. The van der Waals surface area contributed by atoms with E-state index in [0.717, 1.165) is 24.4 Å². The molecule has 0 unspecified atom stereocenters. The molecule has 144 valence electrons. The van der Waals surface area contributed by atoms with Crippen molar-refractivity contribution in [3.63, 3.8) is 0 Å². The Morgan fingerprint density at radius 1 is 1.39 bits per heavy atom. The molecule has 1 aliphatic carbocycles. The number of fused-ring (bicyclic) bond motifs is 2. The van der Waals surface area contributed by atoms with Crippen molar-refractivity contribution in [2.75, 3.05) is 18.9 Å². The molecule has 0 spiro atoms. The number of amides is 1. The van der Waals surface area contributed by atoms with Gasteiger partial charge in [0.15, 0.2) is 0 Å². The number of aromatic nitrogens is 3. The number of hydrogen-bond acceptors (Lipinski definition) is 5. The zero-order chi connectivity index (χ0) is 19.3. The first kappa shape index (κ1) is 17.6. The zero-order valence-electron chi connectivity index (χ0n) is 16.0. The Kier molecular flexibility index (Phi) is 4.29. The van der Waals surface area contributed by atoms with Crippen LogP contribution >= 0.6 is 11.3 Å². The van der Waals surface area contributed by atoms with Crippen LogP contribution < -0.4 is 5.32 Å². The highest BCUT2D eigenvalue weighted by molar-refractivity contribution is 7.15. The molecule has 1 aliphatic heterocycles. The van der Waals surface area contributed by atoms with Crippen LogP contribution in [0.4, 0.5) is 5.13 Å². The Labute approximate surface area is 167 Å². The summed E-state index contributed by atoms with van der Waals surface area (Å²) in [4.78, 5) is 18.1. The maximum absolute atomic E-state index is 12.2. The van der Waals surface area contributed by atoms with Gasteiger partial charge in [-0.1, -0.05) is 29.5 Å². The molecule has 3 heterocycles. The maximum atomic E-state index is 12.2. The molecule has 1 aromatic carbocycles. The van der Waals surface area contributed by atoms with Crippen molar-refractivity contribution in [1.82, 2.24) is 20.1 Å². The predicted octanol–water partition coefficient (Wildman–Crippen LogP) is 3.48. The van der Waals surface area contributed by atoms with Gasteiger partial charge in [0.05, 0.1) is 0 Å². The number of nitrogens with one attached hydrogen (secondary N) is 2. The Morgan fingerprint density at radius 2 is 2.29 bits per heavy atom. The van der Waals surface area contributed by atoms with Crippen LogP contribution in [0.5, 0.6) is 0 Å². The topological polar surface area (TPSA) is 73.9 Å². The van der Waals surface area contributed by atoms with Crippen molar-refractivity contribution in [2.45, 2.75) is 31.7 Å². The fourth-order valence-corrected chi connectivity index (χ4v) is 5.44. The zero-order valence-corrected chi connectivity index (χ0v) is 16.8. The second kappa shape index (κ2) is 6.83. The van der Waals surface area contributed by atoms with E-state index in [-0.39, 0.29) is 5.91 Å². The van der Waals surface area contributed by atoms with Crippen molar-refractivity contribution >= 4 is 33.3 Å². The van der Waals surface area contributed by atoms with E-state index in [4.69, 9.17) is 0 Å². The van der Waals surface area contributed by atoms with Gasteiger partial charge in [0.25, 0.3) is 0 Å². The summed E-state index contributed by atoms with van der Waals surface area (Å²) in [5.41, 5.74) is 4.11. The SMILES string of the molecule is Cc1nnc(NC(=O)/C=C/[C@@H]2C[C@@H]3c4cccc5[nH]cc(c45)C[C@H]3N(C)C2)s1. The smallest absolute Gasteiger partial charge is 0.249 e. The van der Waals surface area contributed by atoms with Gasteiger partial charge in [-0.05, 0) is 56.0 Å². The molecule has 1 fully saturated rings. The number of likely N-dealkylation sites (tertiary alicyclic amines) is 1. The molecule has 2 aromatic heterocycles. The van der Waals surface area contributed by atoms with Gasteiger partial charge >= 0.3 is 0 Å². The van der Waals surface area contributed by atoms with Crippen LogP contribution in [-0.2, 0) is 11.2 Å². The lowest BCUT2D eigenvalue weighted by molar-refractivity contribution is -0.111. The Hall–Kier alpha value is -2.51. The van der Waals surface area contributed by atoms with Crippen LogP contribution in [0.3, 0.4) is 0 Å². The summed E-state index contributed by atoms with van der Waals surface area (Å²) >= 11 is 1.38. The Bertz CT molecular complexity index is 1070. The van der Waals surface area contributed by atoms with Crippen LogP contribution in [0.25, 0.3) is 10.9 Å². The number of H-pyrrole nitrogens is 1. The highest BCUT2D eigenvalue weighted by Gasteiger charge is 2.38. The molecule has 0 bridgehead atoms. The van der Waals surface area contributed by atoms with E-state index in [0.29, 0.717) is 23.0 Å². The monoisotopic (exact) mass is 393 g/mol. The van der Waals surface area contributed by atoms with Crippen LogP contribution in [0.1, 0.15) is 28.5 Å². The van der Waals surface area contributed by atoms with Crippen LogP contribution in [0.15, 0.2) is 36.5 Å². The molecule has 1 amide bonds. The largest absolute Gasteiger partial charge is 0.361 e. The second-order valence-corrected chi connectivity index (χ2v) is 9.05. The third kappa shape index (κ3) is 3.04. The molecule has 0 radical (unpaired) electrons. The van der Waals surface area contributed by atoms with E-state index in [1.165, 1.54) is 33.4 Å². The van der Waals surface area contributed by atoms with Gasteiger partial charge in [-0.2, -0.15) is 0 Å². The molecule has 7 heteroatoms. The summed E-state index contributed by atoms with van der Waals surface area (Å²) in [6, 6.07) is 7.11. The van der Waals surface area contributed by atoms with E-state index in [2.05, 4.69) is 62.9 Å². The first-order valence-electron chi connectivity index (χ1n) is 9.67. The number of anilines is 1. The number of benzene rings is 1. The lowest BCUT2D eigenvalue weighted by Gasteiger charge is -2.45. The highest BCUT2D eigenvalue weighted by atomic mass is 32.1. The number of carbonyl (C=O) groups excluding carboxylic acids is 1. The number of rotatable bonds is 3. The number of hydrogen-bond donors (Lipinski definition) is 2. The number of aromatic amines is 1. The average Bonchev–Trinajstić information content (AvgIpc) is 3.28. The third-order valence-corrected chi connectivity index (χ3v) is 6.79. The van der Waals surface area contributed by atoms with Gasteiger partial charge in [0, 0.05) is 35.6 Å². The minimum atomic E-state index is -0.139. The van der Waals surface area contributed by atoms with Gasteiger partial charge < -0.3 is 9.88 Å². The number of nitrogens with zero attached hydrogens (tertiary/aromatic N) is 3. The molecule has 3 atom stereocenters. The summed E-state index contributed by atoms with van der Waals surface area (Å²) in [5.74, 6) is 0.706. The van der Waals surface area contributed by atoms with Crippen molar-refractivity contribution in [2.24, 2.45) is 5.92 Å². The van der Waals surface area contributed by atoms with Gasteiger partial charge in [-0.25, -0.2) is 0 Å². The second-order valence-electron chi connectivity index (χ2n) is 7.87. The van der Waals surface area contributed by atoms with Gasteiger partial charge in [0.2, 0.25) is 11.0 Å². The Balaban J connectivity index is 1.35. The van der Waals surface area contributed by atoms with Crippen molar-refractivity contribution in [3.05, 3.63) is 52.7 Å². The predicted molar refractivity (Wildman–Crippen MR) is 112 cm³/mol. The fraction of sp³-hybridized carbons (Fsp3) is 0.381. The normalized spacial score (nSPS) is 24.6. The molecular formula is C21H23N5OS. The standard InChI is InChI=1S/C21H23N5OS/c1-12-24-25-21(28-12)23-19(27)7-6-13-8-16-15-4-3-5-17-20(15)14(10-22-17)9-18(16)26(2)11-13/h3-7,10,13,16,18,22H,8-9,11H2,1-2H3,(H,23,25,27)/b7-6+/t13-,16-,18-/m1/s1. The summed E-state index contributed by atoms with van der Waals surface area (Å²) in [6.07, 6.45) is 8.04. The number of aryl methyl sites for hydroxylation is 1. The minimum absolute atomic E-state index is 0.139. The molecule has 28 heavy (non-hydrogen) atoms. The molecule has 3 aromatic rings. The number of carbonyl (C=O) groups is 1. The van der Waals surface area contributed by atoms with E-state index >= 15 is 0 Å². The summed E-state index contributed by atoms with van der Waals surface area (Å²) in [7, 11) is 2.21. The number of likely N-dealkylation sites (N-methyl/N-ethyl adjacent to an activating group) is 1. The Morgan fingerprint density at radius 3 is 3.11 bits per heavy atom. The van der Waals surface area contributed by atoms with Crippen molar-refractivity contribution in [3.8, 4) is 0 Å². The van der Waals surface area contributed by atoms with Gasteiger partial charge in [-0.15, -0.1) is 10.2 Å². The number of piperidine rings is 1. The first-order chi connectivity index (χ1) is 13.6. The minimum Gasteiger partial charge on any atom is -0.361 e. The van der Waals surface area contributed by atoms with Crippen molar-refractivity contribution in [1.29, 1.82) is 0 Å². The summed E-state index contributed by atoms with van der Waals surface area (Å²) in [5, 5.41) is 13.5. The highest BCUT2D eigenvalue weighted by Crippen LogP contribution is 2.44. The molecular weight excluding hydrogens is 370 g/mol. The van der Waals surface area contributed by atoms with E-state index < -0.39 is 0 Å². The average molecular weight is 394 g/mol. The quantitative estimate of drug-likeness (QED) is 0.668. The lowest BCUT2D eigenvalue weighted by atomic mass is 9.72.